The maximum Gasteiger partial charge on any atom is 0.254 e. The predicted molar refractivity (Wildman–Crippen MR) is 123 cm³/mol. The molecule has 1 aliphatic heterocycles. The summed E-state index contributed by atoms with van der Waals surface area (Å²) >= 11 is 1.98. The van der Waals surface area contributed by atoms with Crippen molar-refractivity contribution in [2.45, 2.75) is 75.3 Å². The second-order valence-electron chi connectivity index (χ2n) is 10.7. The number of nitrogens with one attached hydrogen (secondary N) is 1. The number of carbonyl (C=O) groups is 1. The van der Waals surface area contributed by atoms with E-state index < -0.39 is 5.60 Å². The minimum Gasteiger partial charge on any atom is -0.390 e. The number of aliphatic hydroxyl groups is 1. The van der Waals surface area contributed by atoms with Gasteiger partial charge in [0.1, 0.15) is 0 Å². The highest BCUT2D eigenvalue weighted by Crippen LogP contribution is 2.55. The molecule has 7 heteroatoms. The van der Waals surface area contributed by atoms with Gasteiger partial charge in [0.05, 0.1) is 16.9 Å². The van der Waals surface area contributed by atoms with Crippen molar-refractivity contribution in [1.82, 2.24) is 15.3 Å². The van der Waals surface area contributed by atoms with Gasteiger partial charge >= 0.3 is 0 Å². The summed E-state index contributed by atoms with van der Waals surface area (Å²) in [6.45, 7) is 1.96. The van der Waals surface area contributed by atoms with Gasteiger partial charge in [-0.25, -0.2) is 9.97 Å². The quantitative estimate of drug-likeness (QED) is 0.745. The van der Waals surface area contributed by atoms with Crippen molar-refractivity contribution in [1.29, 1.82) is 0 Å². The molecule has 6 aliphatic rings. The fourth-order valence-electron chi connectivity index (χ4n) is 7.43. The third kappa shape index (κ3) is 3.75. The Balaban J connectivity index is 1.25. The van der Waals surface area contributed by atoms with Crippen LogP contribution in [0, 0.1) is 17.8 Å². The monoisotopic (exact) mass is 442 g/mol. The van der Waals surface area contributed by atoms with Gasteiger partial charge in [-0.3, -0.25) is 4.79 Å². The first kappa shape index (κ1) is 20.3. The lowest BCUT2D eigenvalue weighted by Crippen LogP contribution is -2.61. The Hall–Kier alpha value is -1.34. The molecule has 1 amide bonds. The molecule has 1 saturated heterocycles. The molecule has 4 bridgehead atoms. The number of aromatic nitrogens is 2. The van der Waals surface area contributed by atoms with Gasteiger partial charge < -0.3 is 15.3 Å². The van der Waals surface area contributed by atoms with Gasteiger partial charge in [0.2, 0.25) is 5.95 Å². The first-order chi connectivity index (χ1) is 15.1. The summed E-state index contributed by atoms with van der Waals surface area (Å²) in [5.41, 5.74) is 1.19. The van der Waals surface area contributed by atoms with Crippen molar-refractivity contribution >= 4 is 23.6 Å². The van der Waals surface area contributed by atoms with Gasteiger partial charge in [-0.2, -0.15) is 11.8 Å². The number of hydrogen-bond acceptors (Lipinski definition) is 6. The molecule has 1 aromatic heterocycles. The van der Waals surface area contributed by atoms with Crippen LogP contribution in [0.2, 0.25) is 0 Å². The molecule has 5 saturated carbocycles. The molecule has 0 spiro atoms. The molecule has 0 aromatic carbocycles. The molecule has 5 aliphatic carbocycles. The Kier molecular flexibility index (Phi) is 5.17. The molecular formula is C24H34N4O2S. The van der Waals surface area contributed by atoms with Crippen LogP contribution >= 0.6 is 11.8 Å². The SMILES string of the molecule is O=C(NC1C2CC3CC1CC(O)(C3)C2)c1cnc(N2CCSCC2)nc1C1CCCC1. The van der Waals surface area contributed by atoms with Gasteiger partial charge in [-0.05, 0) is 62.7 Å². The van der Waals surface area contributed by atoms with Gasteiger partial charge in [0, 0.05) is 42.8 Å². The lowest BCUT2D eigenvalue weighted by Gasteiger charge is -2.58. The Morgan fingerprint density at radius 1 is 1.13 bits per heavy atom. The van der Waals surface area contributed by atoms with Crippen LogP contribution in [-0.4, -0.2) is 57.2 Å². The van der Waals surface area contributed by atoms with Crippen molar-refractivity contribution in [2.75, 3.05) is 29.5 Å². The molecule has 31 heavy (non-hydrogen) atoms. The van der Waals surface area contributed by atoms with Crippen molar-refractivity contribution in [3.05, 3.63) is 17.5 Å². The van der Waals surface area contributed by atoms with Crippen LogP contribution < -0.4 is 10.2 Å². The fourth-order valence-corrected chi connectivity index (χ4v) is 8.34. The van der Waals surface area contributed by atoms with E-state index in [4.69, 9.17) is 4.98 Å². The molecule has 2 atom stereocenters. The summed E-state index contributed by atoms with van der Waals surface area (Å²) in [7, 11) is 0. The molecule has 168 valence electrons. The van der Waals surface area contributed by atoms with Crippen LogP contribution in [0.3, 0.4) is 0 Å². The number of amides is 1. The third-order valence-corrected chi connectivity index (χ3v) is 9.57. The Morgan fingerprint density at radius 2 is 1.84 bits per heavy atom. The van der Waals surface area contributed by atoms with Crippen molar-refractivity contribution in [3.8, 4) is 0 Å². The smallest absolute Gasteiger partial charge is 0.254 e. The Morgan fingerprint density at radius 3 is 2.52 bits per heavy atom. The maximum absolute atomic E-state index is 13.5. The van der Waals surface area contributed by atoms with E-state index in [0.717, 1.165) is 81.2 Å². The number of carbonyl (C=O) groups excluding carboxylic acids is 1. The zero-order valence-electron chi connectivity index (χ0n) is 18.3. The Labute approximate surface area is 189 Å². The highest BCUT2D eigenvalue weighted by atomic mass is 32.2. The van der Waals surface area contributed by atoms with E-state index in [9.17, 15) is 9.90 Å². The van der Waals surface area contributed by atoms with E-state index >= 15 is 0 Å². The molecule has 7 rings (SSSR count). The van der Waals surface area contributed by atoms with Crippen LogP contribution in [0.5, 0.6) is 0 Å². The van der Waals surface area contributed by atoms with Crippen LogP contribution in [0.1, 0.15) is 79.8 Å². The zero-order valence-corrected chi connectivity index (χ0v) is 19.1. The summed E-state index contributed by atoms with van der Waals surface area (Å²) in [6, 6.07) is 0.194. The van der Waals surface area contributed by atoms with Gasteiger partial charge in [0.25, 0.3) is 5.91 Å². The number of hydrogen-bond donors (Lipinski definition) is 2. The van der Waals surface area contributed by atoms with Gasteiger partial charge in [0.15, 0.2) is 0 Å². The van der Waals surface area contributed by atoms with Gasteiger partial charge in [-0.1, -0.05) is 12.8 Å². The first-order valence-electron chi connectivity index (χ1n) is 12.3. The van der Waals surface area contributed by atoms with Crippen LogP contribution in [0.4, 0.5) is 5.95 Å². The van der Waals surface area contributed by atoms with E-state index in [1.165, 1.54) is 12.8 Å². The second-order valence-corrected chi connectivity index (χ2v) is 12.0. The summed E-state index contributed by atoms with van der Waals surface area (Å²) in [5.74, 6) is 4.89. The summed E-state index contributed by atoms with van der Waals surface area (Å²) in [6.07, 6.45) is 11.5. The second kappa shape index (κ2) is 7.91. The minimum absolute atomic E-state index is 0.00659. The van der Waals surface area contributed by atoms with Gasteiger partial charge in [-0.15, -0.1) is 0 Å². The van der Waals surface area contributed by atoms with Crippen molar-refractivity contribution < 1.29 is 9.90 Å². The van der Waals surface area contributed by atoms with Crippen molar-refractivity contribution in [2.24, 2.45) is 17.8 Å². The maximum atomic E-state index is 13.5. The molecule has 2 unspecified atom stereocenters. The average molecular weight is 443 g/mol. The highest BCUT2D eigenvalue weighted by molar-refractivity contribution is 7.99. The van der Waals surface area contributed by atoms with Crippen LogP contribution in [0.25, 0.3) is 0 Å². The normalized spacial score (nSPS) is 37.4. The molecule has 2 N–H and O–H groups in total. The largest absolute Gasteiger partial charge is 0.390 e. The lowest BCUT2D eigenvalue weighted by molar-refractivity contribution is -0.136. The number of rotatable bonds is 4. The molecular weight excluding hydrogens is 408 g/mol. The molecule has 2 heterocycles. The summed E-state index contributed by atoms with van der Waals surface area (Å²) < 4.78 is 0. The number of thioether (sulfide) groups is 1. The standard InChI is InChI=1S/C24H34N4O2S/c29-22(26-20-17-9-15-10-18(20)13-24(30,11-15)12-17)19-14-25-23(28-5-7-31-8-6-28)27-21(19)16-3-1-2-4-16/h14-18,20,30H,1-13H2,(H,26,29). The summed E-state index contributed by atoms with van der Waals surface area (Å²) in [5, 5.41) is 14.3. The Bertz CT molecular complexity index is 836. The predicted octanol–water partition coefficient (Wildman–Crippen LogP) is 3.36. The van der Waals surface area contributed by atoms with E-state index in [1.807, 2.05) is 11.8 Å². The minimum atomic E-state index is -0.468. The third-order valence-electron chi connectivity index (χ3n) is 8.62. The summed E-state index contributed by atoms with van der Waals surface area (Å²) in [4.78, 5) is 25.4. The molecule has 6 nitrogen and oxygen atoms in total. The first-order valence-corrected chi connectivity index (χ1v) is 13.5. The lowest BCUT2D eigenvalue weighted by atomic mass is 9.52. The van der Waals surface area contributed by atoms with Crippen molar-refractivity contribution in [3.63, 3.8) is 0 Å². The average Bonchev–Trinajstić information content (AvgIpc) is 3.30. The fraction of sp³-hybridized carbons (Fsp3) is 0.792. The molecule has 6 fully saturated rings. The van der Waals surface area contributed by atoms with E-state index in [0.29, 0.717) is 29.2 Å². The van der Waals surface area contributed by atoms with Crippen LogP contribution in [-0.2, 0) is 0 Å². The van der Waals surface area contributed by atoms with E-state index in [1.54, 1.807) is 6.20 Å². The topological polar surface area (TPSA) is 78.3 Å². The molecule has 1 aromatic rings. The van der Waals surface area contributed by atoms with Crippen LogP contribution in [0.15, 0.2) is 6.20 Å². The number of nitrogens with zero attached hydrogens (tertiary/aromatic N) is 3. The highest BCUT2D eigenvalue weighted by Gasteiger charge is 2.55. The molecule has 0 radical (unpaired) electrons. The zero-order chi connectivity index (χ0) is 21.0. The number of anilines is 1. The van der Waals surface area contributed by atoms with E-state index in [2.05, 4.69) is 15.2 Å². The van der Waals surface area contributed by atoms with E-state index in [-0.39, 0.29) is 11.9 Å².